The van der Waals surface area contributed by atoms with Crippen LogP contribution in [0, 0.1) is 0 Å². The molecule has 1 aliphatic rings. The van der Waals surface area contributed by atoms with Gasteiger partial charge in [-0.15, -0.1) is 0 Å². The van der Waals surface area contributed by atoms with E-state index in [1.165, 1.54) is 0 Å². The minimum atomic E-state index is -0.0961. The third-order valence-electron chi connectivity index (χ3n) is 2.80. The van der Waals surface area contributed by atoms with E-state index in [4.69, 9.17) is 14.6 Å². The van der Waals surface area contributed by atoms with Gasteiger partial charge in [0.05, 0.1) is 19.8 Å². The van der Waals surface area contributed by atoms with Gasteiger partial charge in [0.25, 0.3) is 0 Å². The number of likely N-dealkylation sites (N-methyl/N-ethyl adjacent to an activating group) is 1. The summed E-state index contributed by atoms with van der Waals surface area (Å²) in [6.07, 6.45) is -0.187. The van der Waals surface area contributed by atoms with Gasteiger partial charge in [0.15, 0.2) is 0 Å². The summed E-state index contributed by atoms with van der Waals surface area (Å²) in [6, 6.07) is 7.81. The van der Waals surface area contributed by atoms with Crippen LogP contribution in [0.25, 0.3) is 0 Å². The van der Waals surface area contributed by atoms with Crippen molar-refractivity contribution in [2.45, 2.75) is 12.3 Å². The zero-order valence-corrected chi connectivity index (χ0v) is 9.59. The molecule has 1 N–H and O–H groups in total. The number of benzene rings is 1. The van der Waals surface area contributed by atoms with Crippen molar-refractivity contribution in [3.63, 3.8) is 0 Å². The Morgan fingerprint density at radius 2 is 2.38 bits per heavy atom. The Labute approximate surface area is 95.4 Å². The molecule has 2 atom stereocenters. The lowest BCUT2D eigenvalue weighted by Gasteiger charge is -2.18. The van der Waals surface area contributed by atoms with Crippen molar-refractivity contribution >= 4 is 0 Å². The Bertz CT molecular complexity index is 356. The number of nitrogens with zero attached hydrogens (tertiary/aromatic N) is 1. The number of ether oxygens (including phenoxy) is 2. The second-order valence-electron chi connectivity index (χ2n) is 4.01. The summed E-state index contributed by atoms with van der Waals surface area (Å²) >= 11 is 0. The maximum Gasteiger partial charge on any atom is 0.137 e. The van der Waals surface area contributed by atoms with Gasteiger partial charge < -0.3 is 14.6 Å². The lowest BCUT2D eigenvalue weighted by atomic mass is 10.2. The first-order valence-corrected chi connectivity index (χ1v) is 5.35. The van der Waals surface area contributed by atoms with E-state index in [2.05, 4.69) is 4.90 Å². The van der Waals surface area contributed by atoms with Crippen molar-refractivity contribution < 1.29 is 14.6 Å². The molecule has 0 bridgehead atoms. The molecule has 4 heteroatoms. The highest BCUT2D eigenvalue weighted by Crippen LogP contribution is 2.30. The first-order valence-electron chi connectivity index (χ1n) is 5.35. The minimum absolute atomic E-state index is 0.0603. The highest BCUT2D eigenvalue weighted by atomic mass is 16.5. The lowest BCUT2D eigenvalue weighted by Crippen LogP contribution is -2.20. The summed E-state index contributed by atoms with van der Waals surface area (Å²) < 4.78 is 10.9. The van der Waals surface area contributed by atoms with Crippen molar-refractivity contribution in [1.29, 1.82) is 0 Å². The Hall–Kier alpha value is -1.10. The Kier molecular flexibility index (Phi) is 3.43. The van der Waals surface area contributed by atoms with E-state index in [1.807, 2.05) is 31.3 Å². The van der Waals surface area contributed by atoms with Crippen molar-refractivity contribution in [2.75, 3.05) is 27.3 Å². The maximum atomic E-state index is 9.07. The first-order chi connectivity index (χ1) is 7.74. The monoisotopic (exact) mass is 223 g/mol. The van der Waals surface area contributed by atoms with E-state index in [-0.39, 0.29) is 18.9 Å². The van der Waals surface area contributed by atoms with Crippen LogP contribution in [0.4, 0.5) is 0 Å². The van der Waals surface area contributed by atoms with Gasteiger partial charge in [-0.2, -0.15) is 0 Å². The van der Waals surface area contributed by atoms with E-state index in [1.54, 1.807) is 7.11 Å². The summed E-state index contributed by atoms with van der Waals surface area (Å²) in [6.45, 7) is 0.809. The summed E-state index contributed by atoms with van der Waals surface area (Å²) in [5, 5.41) is 9.07. The van der Waals surface area contributed by atoms with Crippen LogP contribution >= 0.6 is 0 Å². The summed E-state index contributed by atoms with van der Waals surface area (Å²) in [4.78, 5) is 2.08. The standard InChI is InChI=1S/C12H17NO3/c1-13-7-11(8-14)16-12(13)9-4-3-5-10(6-9)15-2/h3-6,11-12,14H,7-8H2,1-2H3. The van der Waals surface area contributed by atoms with Crippen molar-refractivity contribution in [3.8, 4) is 5.75 Å². The van der Waals surface area contributed by atoms with Gasteiger partial charge in [0.2, 0.25) is 0 Å². The van der Waals surface area contributed by atoms with E-state index >= 15 is 0 Å². The largest absolute Gasteiger partial charge is 0.497 e. The number of aliphatic hydroxyl groups excluding tert-OH is 1. The Morgan fingerprint density at radius 3 is 3.00 bits per heavy atom. The zero-order chi connectivity index (χ0) is 11.5. The number of methoxy groups -OCH3 is 1. The van der Waals surface area contributed by atoms with Gasteiger partial charge in [0.1, 0.15) is 12.0 Å². The molecular weight excluding hydrogens is 206 g/mol. The molecule has 0 radical (unpaired) electrons. The van der Waals surface area contributed by atoms with Gasteiger partial charge in [-0.1, -0.05) is 12.1 Å². The predicted molar refractivity (Wildman–Crippen MR) is 60.3 cm³/mol. The molecule has 0 aromatic heterocycles. The van der Waals surface area contributed by atoms with E-state index in [9.17, 15) is 0 Å². The van der Waals surface area contributed by atoms with Gasteiger partial charge >= 0.3 is 0 Å². The summed E-state index contributed by atoms with van der Waals surface area (Å²) in [5.41, 5.74) is 1.05. The predicted octanol–water partition coefficient (Wildman–Crippen LogP) is 1.02. The summed E-state index contributed by atoms with van der Waals surface area (Å²) in [5.74, 6) is 0.821. The number of aliphatic hydroxyl groups is 1. The molecule has 0 aliphatic carbocycles. The van der Waals surface area contributed by atoms with Crippen molar-refractivity contribution in [2.24, 2.45) is 0 Å². The third kappa shape index (κ3) is 2.19. The molecule has 1 fully saturated rings. The second-order valence-corrected chi connectivity index (χ2v) is 4.01. The highest BCUT2D eigenvalue weighted by Gasteiger charge is 2.30. The lowest BCUT2D eigenvalue weighted by molar-refractivity contribution is -0.0139. The Morgan fingerprint density at radius 1 is 1.56 bits per heavy atom. The average molecular weight is 223 g/mol. The molecule has 0 saturated carbocycles. The van der Waals surface area contributed by atoms with Crippen LogP contribution in [-0.2, 0) is 4.74 Å². The fourth-order valence-electron chi connectivity index (χ4n) is 1.98. The molecular formula is C12H17NO3. The van der Waals surface area contributed by atoms with Crippen LogP contribution in [0.2, 0.25) is 0 Å². The third-order valence-corrected chi connectivity index (χ3v) is 2.80. The molecule has 2 rings (SSSR count). The molecule has 4 nitrogen and oxygen atoms in total. The summed E-state index contributed by atoms with van der Waals surface area (Å²) in [7, 11) is 3.63. The van der Waals surface area contributed by atoms with Crippen molar-refractivity contribution in [1.82, 2.24) is 4.90 Å². The van der Waals surface area contributed by atoms with Gasteiger partial charge in [0, 0.05) is 6.54 Å². The molecule has 16 heavy (non-hydrogen) atoms. The van der Waals surface area contributed by atoms with E-state index in [0.29, 0.717) is 0 Å². The highest BCUT2D eigenvalue weighted by molar-refractivity contribution is 5.30. The SMILES string of the molecule is COc1cccc(C2OC(CO)CN2C)c1. The smallest absolute Gasteiger partial charge is 0.137 e. The molecule has 1 aromatic carbocycles. The van der Waals surface area contributed by atoms with Crippen LogP contribution in [-0.4, -0.2) is 43.4 Å². The topological polar surface area (TPSA) is 41.9 Å². The molecule has 88 valence electrons. The van der Waals surface area contributed by atoms with Crippen LogP contribution < -0.4 is 4.74 Å². The normalized spacial score (nSPS) is 25.9. The van der Waals surface area contributed by atoms with Gasteiger partial charge in [-0.05, 0) is 24.7 Å². The number of hydrogen-bond donors (Lipinski definition) is 1. The minimum Gasteiger partial charge on any atom is -0.497 e. The molecule has 1 aromatic rings. The van der Waals surface area contributed by atoms with E-state index in [0.717, 1.165) is 17.9 Å². The zero-order valence-electron chi connectivity index (χ0n) is 9.59. The average Bonchev–Trinajstić information content (AvgIpc) is 2.71. The quantitative estimate of drug-likeness (QED) is 0.830. The van der Waals surface area contributed by atoms with Crippen LogP contribution in [0.5, 0.6) is 5.75 Å². The second kappa shape index (κ2) is 4.82. The molecule has 1 saturated heterocycles. The first kappa shape index (κ1) is 11.4. The molecule has 1 heterocycles. The Balaban J connectivity index is 2.17. The maximum absolute atomic E-state index is 9.07. The van der Waals surface area contributed by atoms with Crippen LogP contribution in [0.3, 0.4) is 0 Å². The number of hydrogen-bond acceptors (Lipinski definition) is 4. The fourth-order valence-corrected chi connectivity index (χ4v) is 1.98. The number of rotatable bonds is 3. The molecule has 0 spiro atoms. The van der Waals surface area contributed by atoms with Crippen molar-refractivity contribution in [3.05, 3.63) is 29.8 Å². The molecule has 1 aliphatic heterocycles. The van der Waals surface area contributed by atoms with E-state index < -0.39 is 0 Å². The van der Waals surface area contributed by atoms with Crippen LogP contribution in [0.15, 0.2) is 24.3 Å². The van der Waals surface area contributed by atoms with Crippen LogP contribution in [0.1, 0.15) is 11.8 Å². The van der Waals surface area contributed by atoms with Gasteiger partial charge in [-0.25, -0.2) is 0 Å². The molecule has 2 unspecified atom stereocenters. The molecule has 0 amide bonds. The fraction of sp³-hybridized carbons (Fsp3) is 0.500. The van der Waals surface area contributed by atoms with Gasteiger partial charge in [-0.3, -0.25) is 4.90 Å².